The average molecular weight is 654 g/mol. The molecule has 3 fully saturated rings. The van der Waals surface area contributed by atoms with Gasteiger partial charge in [0.2, 0.25) is 11.7 Å². The molecule has 9 atom stereocenters. The molecular weight excluding hydrogens is 606 g/mol. The zero-order valence-corrected chi connectivity index (χ0v) is 27.4. The van der Waals surface area contributed by atoms with Crippen LogP contribution in [0.1, 0.15) is 90.2 Å². The van der Waals surface area contributed by atoms with Crippen LogP contribution in [-0.2, 0) is 33.4 Å². The molecule has 1 aromatic carbocycles. The molecule has 0 aliphatic heterocycles. The summed E-state index contributed by atoms with van der Waals surface area (Å²) < 4.78 is 10.2. The number of fused-ring (bicyclic) bond motifs is 5. The molecule has 0 unspecified atom stereocenters. The largest absolute Gasteiger partial charge is 0.464 e. The molecule has 11 heteroatoms. The second-order valence-electron chi connectivity index (χ2n) is 14.2. The summed E-state index contributed by atoms with van der Waals surface area (Å²) in [4.78, 5) is 63.5. The number of esters is 2. The highest BCUT2D eigenvalue weighted by atomic mass is 16.5. The van der Waals surface area contributed by atoms with Crippen molar-refractivity contribution < 1.29 is 48.8 Å². The van der Waals surface area contributed by atoms with Gasteiger partial charge in [-0.15, -0.1) is 0 Å². The molecule has 47 heavy (non-hydrogen) atoms. The number of rotatable bonds is 11. The van der Waals surface area contributed by atoms with Crippen molar-refractivity contribution in [1.29, 1.82) is 0 Å². The fraction of sp³-hybridized carbons (Fsp3) is 0.639. The normalized spacial score (nSPS) is 34.1. The highest BCUT2D eigenvalue weighted by Crippen LogP contribution is 2.67. The van der Waals surface area contributed by atoms with Crippen molar-refractivity contribution in [3.05, 3.63) is 47.5 Å². The van der Waals surface area contributed by atoms with Gasteiger partial charge in [0.25, 0.3) is 0 Å². The van der Waals surface area contributed by atoms with E-state index in [9.17, 15) is 39.3 Å². The van der Waals surface area contributed by atoms with Gasteiger partial charge in [0.1, 0.15) is 11.7 Å². The molecule has 0 saturated heterocycles. The van der Waals surface area contributed by atoms with Gasteiger partial charge in [-0.25, -0.2) is 4.79 Å². The Hall–Kier alpha value is -3.41. The Labute approximate surface area is 275 Å². The van der Waals surface area contributed by atoms with E-state index in [0.717, 1.165) is 18.4 Å². The van der Waals surface area contributed by atoms with Crippen LogP contribution in [-0.4, -0.2) is 75.7 Å². The quantitative estimate of drug-likeness (QED) is 0.260. The number of hydrogen-bond donors (Lipinski definition) is 4. The first kappa shape index (κ1) is 34.9. The number of nitrogens with one attached hydrogen (secondary N) is 1. The molecule has 4 N–H and O–H groups in total. The van der Waals surface area contributed by atoms with Gasteiger partial charge in [0.15, 0.2) is 18.4 Å². The maximum Gasteiger partial charge on any atom is 0.331 e. The summed E-state index contributed by atoms with van der Waals surface area (Å²) in [5, 5.41) is 36.6. The molecule has 1 amide bonds. The first-order valence-corrected chi connectivity index (χ1v) is 16.8. The zero-order chi connectivity index (χ0) is 34.1. The summed E-state index contributed by atoms with van der Waals surface area (Å²) >= 11 is 0. The Morgan fingerprint density at radius 3 is 2.45 bits per heavy atom. The minimum atomic E-state index is -1.79. The molecule has 256 valence electrons. The second kappa shape index (κ2) is 13.6. The number of aliphatic hydroxyl groups is 3. The van der Waals surface area contributed by atoms with Crippen LogP contribution in [0.2, 0.25) is 0 Å². The number of ether oxygens (including phenoxy) is 2. The third-order valence-electron chi connectivity index (χ3n) is 11.7. The molecule has 0 spiro atoms. The number of hydrogen-bond acceptors (Lipinski definition) is 10. The summed E-state index contributed by atoms with van der Waals surface area (Å²) in [7, 11) is 0. The predicted octanol–water partition coefficient (Wildman–Crippen LogP) is 2.89. The maximum atomic E-state index is 13.5. The van der Waals surface area contributed by atoms with Crippen molar-refractivity contribution in [2.45, 2.75) is 102 Å². The van der Waals surface area contributed by atoms with E-state index in [-0.39, 0.29) is 54.8 Å². The number of amides is 1. The van der Waals surface area contributed by atoms with Crippen LogP contribution >= 0.6 is 0 Å². The topological polar surface area (TPSA) is 177 Å². The third-order valence-corrected chi connectivity index (χ3v) is 11.7. The Morgan fingerprint density at radius 1 is 1.02 bits per heavy atom. The first-order chi connectivity index (χ1) is 22.2. The Morgan fingerprint density at radius 2 is 1.74 bits per heavy atom. The SMILES string of the molecule is CCOC(=O)[C@H](NC(=O)CCC(=O)OCC(=O)[C@@]1(O)CC[C@H]2[C@@H]3CCC4=CC(=O)CC[C@]4(C)[C@H]3[C@@H](O)C[C@@]21C)[C@@H](O)c1ccccc1. The minimum absolute atomic E-state index is 0.0150. The van der Waals surface area contributed by atoms with Crippen LogP contribution < -0.4 is 5.32 Å². The van der Waals surface area contributed by atoms with Crippen molar-refractivity contribution in [3.8, 4) is 0 Å². The number of Topliss-reactive ketones (excluding diaryl/α,β-unsaturated/α-hetero) is 1. The van der Waals surface area contributed by atoms with Gasteiger partial charge in [0.05, 0.1) is 19.1 Å². The molecule has 11 nitrogen and oxygen atoms in total. The lowest BCUT2D eigenvalue weighted by atomic mass is 9.45. The number of allylic oxidation sites excluding steroid dienone is 1. The first-order valence-electron chi connectivity index (χ1n) is 16.8. The van der Waals surface area contributed by atoms with E-state index in [1.54, 1.807) is 43.3 Å². The van der Waals surface area contributed by atoms with Crippen molar-refractivity contribution >= 4 is 29.4 Å². The number of carbonyl (C=O) groups is 5. The highest BCUT2D eigenvalue weighted by Gasteiger charge is 2.68. The van der Waals surface area contributed by atoms with E-state index in [0.29, 0.717) is 24.8 Å². The summed E-state index contributed by atoms with van der Waals surface area (Å²) in [6.45, 7) is 4.97. The lowest BCUT2D eigenvalue weighted by molar-refractivity contribution is -0.184. The molecular formula is C36H47NO10. The van der Waals surface area contributed by atoms with Gasteiger partial charge < -0.3 is 30.1 Å². The number of aliphatic hydroxyl groups excluding tert-OH is 2. The summed E-state index contributed by atoms with van der Waals surface area (Å²) in [5.74, 6) is -2.85. The summed E-state index contributed by atoms with van der Waals surface area (Å²) in [6.07, 6.45) is 2.55. The average Bonchev–Trinajstić information content (AvgIpc) is 3.32. The van der Waals surface area contributed by atoms with Crippen LogP contribution in [0, 0.1) is 28.6 Å². The predicted molar refractivity (Wildman–Crippen MR) is 168 cm³/mol. The molecule has 5 rings (SSSR count). The van der Waals surface area contributed by atoms with Crippen LogP contribution in [0.15, 0.2) is 42.0 Å². The van der Waals surface area contributed by atoms with Gasteiger partial charge in [-0.2, -0.15) is 0 Å². The molecule has 0 bridgehead atoms. The fourth-order valence-corrected chi connectivity index (χ4v) is 9.29. The van der Waals surface area contributed by atoms with Crippen LogP contribution in [0.5, 0.6) is 0 Å². The van der Waals surface area contributed by atoms with E-state index in [2.05, 4.69) is 12.2 Å². The highest BCUT2D eigenvalue weighted by molar-refractivity contribution is 5.92. The van der Waals surface area contributed by atoms with E-state index in [1.165, 1.54) is 0 Å². The van der Waals surface area contributed by atoms with Crippen LogP contribution in [0.3, 0.4) is 0 Å². The van der Waals surface area contributed by atoms with Crippen molar-refractivity contribution in [3.63, 3.8) is 0 Å². The van der Waals surface area contributed by atoms with Crippen LogP contribution in [0.4, 0.5) is 0 Å². The molecule has 4 aliphatic rings. The molecule has 3 saturated carbocycles. The van der Waals surface area contributed by atoms with E-state index < -0.39 is 65.9 Å². The van der Waals surface area contributed by atoms with Gasteiger partial charge in [-0.05, 0) is 80.3 Å². The molecule has 4 aliphatic carbocycles. The second-order valence-corrected chi connectivity index (χ2v) is 14.2. The van der Waals surface area contributed by atoms with Gasteiger partial charge in [0, 0.05) is 18.3 Å². The molecule has 0 heterocycles. The van der Waals surface area contributed by atoms with E-state index in [4.69, 9.17) is 9.47 Å². The number of ketones is 2. The Kier molecular flexibility index (Phi) is 10.1. The molecule has 0 radical (unpaired) electrons. The standard InChI is InChI=1S/C36H47NO10/c1-4-46-33(44)31(32(43)21-8-6-5-7-9-21)37-28(41)12-13-29(42)47-20-27(40)36(45)17-15-25-24-11-10-22-18-23(38)14-16-34(22,2)30(24)26(39)19-35(25,36)3/h5-9,18,24-26,30-32,39,43,45H,4,10-17,19-20H2,1-3H3,(H,37,41)/t24-,25-,26-,30+,31+,32-,34-,35-,36-/m0/s1. The van der Waals surface area contributed by atoms with E-state index >= 15 is 0 Å². The molecule has 1 aromatic rings. The number of carbonyl (C=O) groups excluding carboxylic acids is 5. The van der Waals surface area contributed by atoms with Gasteiger partial charge in [-0.1, -0.05) is 49.8 Å². The Bertz CT molecular complexity index is 1430. The summed E-state index contributed by atoms with van der Waals surface area (Å²) in [6, 6.07) is 6.92. The lowest BCUT2D eigenvalue weighted by Crippen LogP contribution is -2.62. The smallest absolute Gasteiger partial charge is 0.331 e. The Balaban J connectivity index is 1.17. The van der Waals surface area contributed by atoms with Crippen molar-refractivity contribution in [1.82, 2.24) is 5.32 Å². The zero-order valence-electron chi connectivity index (χ0n) is 27.4. The van der Waals surface area contributed by atoms with Gasteiger partial charge >= 0.3 is 11.9 Å². The van der Waals surface area contributed by atoms with Crippen LogP contribution in [0.25, 0.3) is 0 Å². The van der Waals surface area contributed by atoms with E-state index in [1.807, 2.05) is 6.92 Å². The number of benzene rings is 1. The van der Waals surface area contributed by atoms with Crippen molar-refractivity contribution in [2.24, 2.45) is 28.6 Å². The fourth-order valence-electron chi connectivity index (χ4n) is 9.29. The minimum Gasteiger partial charge on any atom is -0.464 e. The summed E-state index contributed by atoms with van der Waals surface area (Å²) in [5.41, 5.74) is -1.50. The van der Waals surface area contributed by atoms with Crippen molar-refractivity contribution in [2.75, 3.05) is 13.2 Å². The molecule has 0 aromatic heterocycles. The van der Waals surface area contributed by atoms with Gasteiger partial charge in [-0.3, -0.25) is 19.2 Å². The maximum absolute atomic E-state index is 13.5. The third kappa shape index (κ3) is 6.41. The lowest BCUT2D eigenvalue weighted by Gasteiger charge is -2.60. The monoisotopic (exact) mass is 653 g/mol.